The number of fused-ring (bicyclic) bond motifs is 1. The van der Waals surface area contributed by atoms with Crippen molar-refractivity contribution < 1.29 is 14.6 Å². The first kappa shape index (κ1) is 31.0. The van der Waals surface area contributed by atoms with Crippen molar-refractivity contribution in [2.75, 3.05) is 35.2 Å². The number of anilines is 3. The molecule has 0 radical (unpaired) electrons. The normalized spacial score (nSPS) is 17.5. The Balaban J connectivity index is 1.62. The summed E-state index contributed by atoms with van der Waals surface area (Å²) in [6.45, 7) is 17.2. The number of aryl methyl sites for hydroxylation is 2. The number of halogens is 1. The van der Waals surface area contributed by atoms with Crippen LogP contribution in [0.5, 0.6) is 0 Å². The van der Waals surface area contributed by atoms with Crippen molar-refractivity contribution in [1.29, 1.82) is 0 Å². The van der Waals surface area contributed by atoms with Gasteiger partial charge in [-0.05, 0) is 76.0 Å². The molecule has 5 rings (SSSR count). The van der Waals surface area contributed by atoms with Gasteiger partial charge >= 0.3 is 5.97 Å². The van der Waals surface area contributed by atoms with Crippen molar-refractivity contribution in [3.8, 4) is 11.1 Å². The number of pyridine rings is 1. The van der Waals surface area contributed by atoms with Gasteiger partial charge in [0.1, 0.15) is 12.0 Å². The molecule has 3 aromatic rings. The number of nitrogen functional groups attached to an aromatic ring is 1. The minimum Gasteiger partial charge on any atom is -0.479 e. The molecule has 0 saturated carbocycles. The maximum absolute atomic E-state index is 12.8. The molecule has 1 saturated heterocycles. The second-order valence-corrected chi connectivity index (χ2v) is 13.9. The highest BCUT2D eigenvalue weighted by molar-refractivity contribution is 6.32. The van der Waals surface area contributed by atoms with Crippen LogP contribution in [0.15, 0.2) is 24.5 Å². The standard InChI is InChI=1S/C33H43ClN6O3/c1-19-24(22-8-9-23-17-40(13-10-21(23)16-22)30-26(35)29(34)36-18-37-30)27(39-14-11-33(6,7)12-15-39)25(20(2)38-19)28(31(41)42)43-32(3,4)5/h8-9,16,18,28H,10-15,17,35H2,1-7H3,(H,41,42). The van der Waals surface area contributed by atoms with Gasteiger partial charge in [0.05, 0.1) is 11.3 Å². The third kappa shape index (κ3) is 6.43. The highest BCUT2D eigenvalue weighted by atomic mass is 35.5. The van der Waals surface area contributed by atoms with Gasteiger partial charge in [0.25, 0.3) is 0 Å². The van der Waals surface area contributed by atoms with Crippen LogP contribution in [0.4, 0.5) is 17.2 Å². The van der Waals surface area contributed by atoms with E-state index in [1.165, 1.54) is 17.5 Å². The molecule has 10 heteroatoms. The topological polar surface area (TPSA) is 118 Å². The number of piperidine rings is 1. The zero-order valence-corrected chi connectivity index (χ0v) is 27.0. The van der Waals surface area contributed by atoms with Crippen molar-refractivity contribution in [3.05, 3.63) is 57.8 Å². The second kappa shape index (κ2) is 11.6. The van der Waals surface area contributed by atoms with Crippen LogP contribution in [0, 0.1) is 19.3 Å². The van der Waals surface area contributed by atoms with Gasteiger partial charge in [0.2, 0.25) is 0 Å². The molecule has 2 aliphatic rings. The van der Waals surface area contributed by atoms with E-state index >= 15 is 0 Å². The molecule has 0 amide bonds. The summed E-state index contributed by atoms with van der Waals surface area (Å²) in [5, 5.41) is 10.7. The van der Waals surface area contributed by atoms with Crippen molar-refractivity contribution in [1.82, 2.24) is 15.0 Å². The summed E-state index contributed by atoms with van der Waals surface area (Å²) in [7, 11) is 0. The van der Waals surface area contributed by atoms with Crippen LogP contribution in [0.1, 0.15) is 81.6 Å². The number of nitrogens with two attached hydrogens (primary N) is 1. The third-order valence-corrected chi connectivity index (χ3v) is 8.89. The van der Waals surface area contributed by atoms with E-state index in [0.717, 1.165) is 61.4 Å². The summed E-state index contributed by atoms with van der Waals surface area (Å²) in [4.78, 5) is 30.6. The maximum atomic E-state index is 12.8. The Bertz CT molecular complexity index is 1540. The summed E-state index contributed by atoms with van der Waals surface area (Å²) in [5.41, 5.74) is 13.7. The van der Waals surface area contributed by atoms with Crippen LogP contribution in [-0.4, -0.2) is 51.3 Å². The van der Waals surface area contributed by atoms with Crippen molar-refractivity contribution in [2.24, 2.45) is 5.41 Å². The molecular weight excluding hydrogens is 564 g/mol. The molecule has 1 fully saturated rings. The van der Waals surface area contributed by atoms with Crippen LogP contribution in [0.3, 0.4) is 0 Å². The van der Waals surface area contributed by atoms with E-state index in [1.54, 1.807) is 0 Å². The fourth-order valence-corrected chi connectivity index (χ4v) is 6.39. The number of aromatic nitrogens is 3. The molecule has 230 valence electrons. The SMILES string of the molecule is Cc1nc(C)c(C(OC(C)(C)C)C(=O)O)c(N2CCC(C)(C)CC2)c1-c1ccc2c(c1)CCN(c1ncnc(Cl)c1N)C2. The van der Waals surface area contributed by atoms with Crippen LogP contribution < -0.4 is 15.5 Å². The van der Waals surface area contributed by atoms with E-state index in [4.69, 9.17) is 27.1 Å². The first-order valence-corrected chi connectivity index (χ1v) is 15.3. The minimum absolute atomic E-state index is 0.233. The Morgan fingerprint density at radius 2 is 1.77 bits per heavy atom. The van der Waals surface area contributed by atoms with Gasteiger partial charge in [-0.2, -0.15) is 0 Å². The number of nitrogens with zero attached hydrogens (tertiary/aromatic N) is 5. The van der Waals surface area contributed by atoms with Gasteiger partial charge in [-0.1, -0.05) is 43.6 Å². The third-order valence-electron chi connectivity index (χ3n) is 8.59. The van der Waals surface area contributed by atoms with E-state index in [0.29, 0.717) is 29.3 Å². The Morgan fingerprint density at radius 3 is 2.42 bits per heavy atom. The van der Waals surface area contributed by atoms with Crippen LogP contribution in [0.2, 0.25) is 5.15 Å². The minimum atomic E-state index is -1.15. The first-order chi connectivity index (χ1) is 20.1. The van der Waals surface area contributed by atoms with Gasteiger partial charge in [0, 0.05) is 48.7 Å². The average Bonchev–Trinajstić information content (AvgIpc) is 2.92. The largest absolute Gasteiger partial charge is 0.479 e. The molecule has 1 aromatic carbocycles. The summed E-state index contributed by atoms with van der Waals surface area (Å²) < 4.78 is 6.23. The highest BCUT2D eigenvalue weighted by Gasteiger charge is 2.36. The molecule has 1 atom stereocenters. The highest BCUT2D eigenvalue weighted by Crippen LogP contribution is 2.45. The maximum Gasteiger partial charge on any atom is 0.337 e. The van der Waals surface area contributed by atoms with Crippen molar-refractivity contribution in [2.45, 2.75) is 86.0 Å². The molecule has 2 aliphatic heterocycles. The molecule has 0 aliphatic carbocycles. The second-order valence-electron chi connectivity index (χ2n) is 13.6. The smallest absolute Gasteiger partial charge is 0.337 e. The lowest BCUT2D eigenvalue weighted by Gasteiger charge is -2.41. The molecule has 43 heavy (non-hydrogen) atoms. The summed E-state index contributed by atoms with van der Waals surface area (Å²) >= 11 is 6.17. The zero-order chi connectivity index (χ0) is 31.3. The molecule has 0 bridgehead atoms. The number of carboxylic acid groups (broad SMARTS) is 1. The van der Waals surface area contributed by atoms with Gasteiger partial charge < -0.3 is 25.4 Å². The fraction of sp³-hybridized carbons (Fsp3) is 0.515. The molecule has 4 heterocycles. The fourth-order valence-electron chi connectivity index (χ4n) is 6.26. The van der Waals surface area contributed by atoms with Gasteiger partial charge in [-0.3, -0.25) is 4.98 Å². The molecule has 9 nitrogen and oxygen atoms in total. The summed E-state index contributed by atoms with van der Waals surface area (Å²) in [6, 6.07) is 6.52. The average molecular weight is 607 g/mol. The first-order valence-electron chi connectivity index (χ1n) is 14.9. The molecule has 0 spiro atoms. The Labute approximate surface area is 259 Å². The molecule has 2 aromatic heterocycles. The number of benzene rings is 1. The van der Waals surface area contributed by atoms with E-state index in [-0.39, 0.29) is 10.6 Å². The molecule has 3 N–H and O–H groups in total. The Morgan fingerprint density at radius 1 is 1.07 bits per heavy atom. The zero-order valence-electron chi connectivity index (χ0n) is 26.3. The van der Waals surface area contributed by atoms with Gasteiger partial charge in [-0.25, -0.2) is 14.8 Å². The van der Waals surface area contributed by atoms with Crippen LogP contribution in [0.25, 0.3) is 11.1 Å². The summed E-state index contributed by atoms with van der Waals surface area (Å²) in [6.07, 6.45) is 3.12. The number of aliphatic carboxylic acids is 1. The van der Waals surface area contributed by atoms with E-state index in [9.17, 15) is 9.90 Å². The number of ether oxygens (including phenoxy) is 1. The Hall–Kier alpha value is -3.43. The number of hydrogen-bond donors (Lipinski definition) is 2. The molecular formula is C33H43ClN6O3. The van der Waals surface area contributed by atoms with E-state index in [1.807, 2.05) is 34.6 Å². The molecule has 1 unspecified atom stereocenters. The van der Waals surface area contributed by atoms with Crippen LogP contribution >= 0.6 is 11.6 Å². The van der Waals surface area contributed by atoms with Crippen molar-refractivity contribution in [3.63, 3.8) is 0 Å². The van der Waals surface area contributed by atoms with E-state index in [2.05, 4.69) is 51.8 Å². The number of carboxylic acids is 1. The number of hydrogen-bond acceptors (Lipinski definition) is 8. The number of carbonyl (C=O) groups is 1. The monoisotopic (exact) mass is 606 g/mol. The lowest BCUT2D eigenvalue weighted by Crippen LogP contribution is -2.39. The van der Waals surface area contributed by atoms with Crippen LogP contribution in [-0.2, 0) is 22.5 Å². The number of rotatable bonds is 6. The lowest BCUT2D eigenvalue weighted by atomic mass is 9.81. The lowest BCUT2D eigenvalue weighted by molar-refractivity contribution is -0.160. The van der Waals surface area contributed by atoms with Gasteiger partial charge in [0.15, 0.2) is 17.1 Å². The Kier molecular flexibility index (Phi) is 8.35. The van der Waals surface area contributed by atoms with Gasteiger partial charge in [-0.15, -0.1) is 0 Å². The predicted molar refractivity (Wildman–Crippen MR) is 172 cm³/mol. The summed E-state index contributed by atoms with van der Waals surface area (Å²) in [5.74, 6) is -0.366. The predicted octanol–water partition coefficient (Wildman–Crippen LogP) is 6.52. The quantitative estimate of drug-likeness (QED) is 0.302. The van der Waals surface area contributed by atoms with E-state index < -0.39 is 17.7 Å². The van der Waals surface area contributed by atoms with Crippen molar-refractivity contribution >= 4 is 34.8 Å².